The number of nitrogens with two attached hydrogens (primary N) is 1. The van der Waals surface area contributed by atoms with Crippen LogP contribution in [0.3, 0.4) is 0 Å². The molecule has 0 aliphatic carbocycles. The van der Waals surface area contributed by atoms with E-state index in [2.05, 4.69) is 0 Å². The lowest BCUT2D eigenvalue weighted by atomic mass is 9.89. The summed E-state index contributed by atoms with van der Waals surface area (Å²) in [6.07, 6.45) is 0. The molecule has 0 heterocycles. The number of hydrogen-bond donors (Lipinski definition) is 1. The quantitative estimate of drug-likeness (QED) is 0.899. The van der Waals surface area contributed by atoms with Gasteiger partial charge in [0, 0.05) is 11.1 Å². The van der Waals surface area contributed by atoms with E-state index in [1.807, 2.05) is 13.8 Å². The number of halogens is 1. The molecule has 18 heavy (non-hydrogen) atoms. The highest BCUT2D eigenvalue weighted by Crippen LogP contribution is 2.40. The molecule has 0 aliphatic heterocycles. The highest BCUT2D eigenvalue weighted by Gasteiger charge is 2.28. The first-order valence-electron chi connectivity index (χ1n) is 5.86. The Labute approximate surface area is 108 Å². The molecule has 0 aliphatic rings. The number of hydrogen-bond acceptors (Lipinski definition) is 3. The summed E-state index contributed by atoms with van der Waals surface area (Å²) in [5.74, 6) is 1.05. The van der Waals surface area contributed by atoms with Crippen molar-refractivity contribution >= 4 is 0 Å². The highest BCUT2D eigenvalue weighted by atomic mass is 19.1. The highest BCUT2D eigenvalue weighted by molar-refractivity contribution is 5.53. The second kappa shape index (κ2) is 4.76. The van der Waals surface area contributed by atoms with Gasteiger partial charge >= 0.3 is 0 Å². The monoisotopic (exact) mass is 255 g/mol. The van der Waals surface area contributed by atoms with Gasteiger partial charge in [-0.2, -0.15) is 0 Å². The average molecular weight is 255 g/mol. The van der Waals surface area contributed by atoms with Crippen molar-refractivity contribution in [2.45, 2.75) is 38.9 Å². The molecule has 0 aromatic heterocycles. The van der Waals surface area contributed by atoms with Crippen molar-refractivity contribution in [3.8, 4) is 11.5 Å². The summed E-state index contributed by atoms with van der Waals surface area (Å²) in [6, 6.07) is 3.38. The van der Waals surface area contributed by atoms with E-state index in [9.17, 15) is 4.39 Å². The van der Waals surface area contributed by atoms with Crippen molar-refractivity contribution in [2.75, 3.05) is 14.2 Å². The number of rotatable bonds is 4. The van der Waals surface area contributed by atoms with Gasteiger partial charge in [0.1, 0.15) is 5.67 Å². The zero-order chi connectivity index (χ0) is 14.1. The van der Waals surface area contributed by atoms with Crippen LogP contribution in [0.1, 0.15) is 38.8 Å². The molecule has 0 radical (unpaired) electrons. The molecule has 4 heteroatoms. The van der Waals surface area contributed by atoms with Gasteiger partial charge in [-0.05, 0) is 45.4 Å². The van der Waals surface area contributed by atoms with Gasteiger partial charge in [0.05, 0.1) is 14.2 Å². The standard InChI is InChI=1S/C14H22FNO2/c1-13(2,15)9-7-10(14(3,4)16)12(18-6)11(8-9)17-5/h7-8H,16H2,1-6H3. The maximum atomic E-state index is 14.1. The fourth-order valence-corrected chi connectivity index (χ4v) is 1.79. The van der Waals surface area contributed by atoms with Crippen molar-refractivity contribution in [3.05, 3.63) is 23.3 Å². The molecule has 1 aromatic rings. The summed E-state index contributed by atoms with van der Waals surface area (Å²) in [7, 11) is 3.08. The van der Waals surface area contributed by atoms with E-state index in [4.69, 9.17) is 15.2 Å². The van der Waals surface area contributed by atoms with Crippen LogP contribution in [-0.2, 0) is 11.2 Å². The first kappa shape index (κ1) is 14.8. The maximum Gasteiger partial charge on any atom is 0.165 e. The minimum absolute atomic E-state index is 0.495. The summed E-state index contributed by atoms with van der Waals surface area (Å²) in [4.78, 5) is 0. The molecule has 0 unspecified atom stereocenters. The fourth-order valence-electron chi connectivity index (χ4n) is 1.79. The van der Waals surface area contributed by atoms with Crippen molar-refractivity contribution in [1.29, 1.82) is 0 Å². The van der Waals surface area contributed by atoms with Crippen LogP contribution in [0, 0.1) is 0 Å². The van der Waals surface area contributed by atoms with E-state index in [0.717, 1.165) is 5.56 Å². The van der Waals surface area contributed by atoms with Gasteiger partial charge in [0.2, 0.25) is 0 Å². The van der Waals surface area contributed by atoms with Crippen LogP contribution >= 0.6 is 0 Å². The molecular formula is C14H22FNO2. The van der Waals surface area contributed by atoms with E-state index < -0.39 is 11.2 Å². The van der Waals surface area contributed by atoms with Gasteiger partial charge in [-0.3, -0.25) is 0 Å². The predicted octanol–water partition coefficient (Wildman–Crippen LogP) is 3.10. The predicted molar refractivity (Wildman–Crippen MR) is 70.9 cm³/mol. The van der Waals surface area contributed by atoms with E-state index in [-0.39, 0.29) is 0 Å². The molecule has 1 rings (SSSR count). The van der Waals surface area contributed by atoms with E-state index >= 15 is 0 Å². The molecule has 0 fully saturated rings. The zero-order valence-electron chi connectivity index (χ0n) is 11.9. The minimum Gasteiger partial charge on any atom is -0.493 e. The summed E-state index contributed by atoms with van der Waals surface area (Å²) < 4.78 is 24.7. The van der Waals surface area contributed by atoms with Gasteiger partial charge in [0.25, 0.3) is 0 Å². The van der Waals surface area contributed by atoms with Crippen LogP contribution in [0.5, 0.6) is 11.5 Å². The van der Waals surface area contributed by atoms with E-state index in [1.54, 1.807) is 19.2 Å². The lowest BCUT2D eigenvalue weighted by Crippen LogP contribution is -2.30. The Kier molecular flexibility index (Phi) is 3.91. The Morgan fingerprint density at radius 3 is 1.94 bits per heavy atom. The van der Waals surface area contributed by atoms with Crippen molar-refractivity contribution in [2.24, 2.45) is 5.73 Å². The third-order valence-corrected chi connectivity index (χ3v) is 2.86. The molecule has 0 spiro atoms. The van der Waals surface area contributed by atoms with Crippen molar-refractivity contribution < 1.29 is 13.9 Å². The molecule has 2 N–H and O–H groups in total. The van der Waals surface area contributed by atoms with Crippen LogP contribution in [0.25, 0.3) is 0 Å². The Morgan fingerprint density at radius 2 is 1.61 bits per heavy atom. The van der Waals surface area contributed by atoms with Crippen molar-refractivity contribution in [3.63, 3.8) is 0 Å². The average Bonchev–Trinajstić information content (AvgIpc) is 2.24. The largest absolute Gasteiger partial charge is 0.493 e. The lowest BCUT2D eigenvalue weighted by Gasteiger charge is -2.26. The molecule has 0 bridgehead atoms. The second-order valence-corrected chi connectivity index (χ2v) is 5.45. The normalized spacial score (nSPS) is 12.4. The van der Waals surface area contributed by atoms with E-state index in [0.29, 0.717) is 17.1 Å². The first-order valence-corrected chi connectivity index (χ1v) is 5.86. The van der Waals surface area contributed by atoms with Crippen LogP contribution < -0.4 is 15.2 Å². The number of ether oxygens (including phenoxy) is 2. The smallest absolute Gasteiger partial charge is 0.165 e. The number of methoxy groups -OCH3 is 2. The van der Waals surface area contributed by atoms with Gasteiger partial charge in [-0.25, -0.2) is 4.39 Å². The van der Waals surface area contributed by atoms with Crippen LogP contribution in [-0.4, -0.2) is 14.2 Å². The topological polar surface area (TPSA) is 44.5 Å². The summed E-state index contributed by atoms with van der Waals surface area (Å²) in [6.45, 7) is 6.70. The zero-order valence-corrected chi connectivity index (χ0v) is 11.9. The van der Waals surface area contributed by atoms with Crippen LogP contribution in [0.2, 0.25) is 0 Å². The molecule has 0 saturated carbocycles. The minimum atomic E-state index is -1.46. The molecule has 0 atom stereocenters. The summed E-state index contributed by atoms with van der Waals surface area (Å²) in [5, 5.41) is 0. The third-order valence-electron chi connectivity index (χ3n) is 2.86. The summed E-state index contributed by atoms with van der Waals surface area (Å²) >= 11 is 0. The van der Waals surface area contributed by atoms with E-state index in [1.165, 1.54) is 21.0 Å². The molecule has 0 saturated heterocycles. The Hall–Kier alpha value is -1.29. The van der Waals surface area contributed by atoms with Gasteiger partial charge in [-0.15, -0.1) is 0 Å². The van der Waals surface area contributed by atoms with Crippen LogP contribution in [0.4, 0.5) is 4.39 Å². The molecule has 102 valence electrons. The number of alkyl halides is 1. The third kappa shape index (κ3) is 2.93. The Morgan fingerprint density at radius 1 is 1.06 bits per heavy atom. The van der Waals surface area contributed by atoms with Crippen molar-refractivity contribution in [1.82, 2.24) is 0 Å². The molecule has 0 amide bonds. The van der Waals surface area contributed by atoms with Crippen LogP contribution in [0.15, 0.2) is 12.1 Å². The Bertz CT molecular complexity index is 431. The summed E-state index contributed by atoms with van der Waals surface area (Å²) in [5.41, 5.74) is 5.26. The first-order chi connectivity index (χ1) is 8.11. The van der Waals surface area contributed by atoms with Gasteiger partial charge in [0.15, 0.2) is 11.5 Å². The maximum absolute atomic E-state index is 14.1. The van der Waals surface area contributed by atoms with Gasteiger partial charge in [-0.1, -0.05) is 0 Å². The second-order valence-electron chi connectivity index (χ2n) is 5.45. The fraction of sp³-hybridized carbons (Fsp3) is 0.571. The molecule has 1 aromatic carbocycles. The molecular weight excluding hydrogens is 233 g/mol. The Balaban J connectivity index is 3.57. The van der Waals surface area contributed by atoms with Gasteiger partial charge < -0.3 is 15.2 Å². The number of benzene rings is 1. The lowest BCUT2D eigenvalue weighted by molar-refractivity contribution is 0.219. The molecule has 3 nitrogen and oxygen atoms in total. The SMILES string of the molecule is COc1cc(C(C)(C)F)cc(C(C)(C)N)c1OC.